The predicted octanol–water partition coefficient (Wildman–Crippen LogP) is 5.13. The molecule has 2 aromatic carbocycles. The fourth-order valence-electron chi connectivity index (χ4n) is 3.45. The maximum absolute atomic E-state index is 13.6. The van der Waals surface area contributed by atoms with Gasteiger partial charge in [-0.2, -0.15) is 0 Å². The van der Waals surface area contributed by atoms with E-state index in [2.05, 4.69) is 5.32 Å². The van der Waals surface area contributed by atoms with Gasteiger partial charge in [0.15, 0.2) is 0 Å². The number of amides is 2. The molecule has 0 spiro atoms. The van der Waals surface area contributed by atoms with Gasteiger partial charge in [0, 0.05) is 17.1 Å². The van der Waals surface area contributed by atoms with E-state index in [1.54, 1.807) is 43.3 Å². The van der Waals surface area contributed by atoms with Crippen LogP contribution in [-0.4, -0.2) is 49.5 Å². The maximum atomic E-state index is 13.6. The molecule has 0 aliphatic rings. The molecule has 192 valence electrons. The third-order valence-electron chi connectivity index (χ3n) is 5.00. The van der Waals surface area contributed by atoms with E-state index in [0.29, 0.717) is 27.1 Å². The van der Waals surface area contributed by atoms with Crippen LogP contribution in [0.15, 0.2) is 42.5 Å². The van der Waals surface area contributed by atoms with E-state index in [9.17, 15) is 18.0 Å². The van der Waals surface area contributed by atoms with Gasteiger partial charge < -0.3 is 10.2 Å². The fourth-order valence-corrected chi connectivity index (χ4v) is 4.80. The second-order valence-electron chi connectivity index (χ2n) is 9.18. The number of carbonyl (C=O) groups is 2. The molecule has 0 saturated carbocycles. The molecule has 1 N–H and O–H groups in total. The lowest BCUT2D eigenvalue weighted by atomic mass is 10.1. The third-order valence-corrected chi connectivity index (χ3v) is 7.11. The average molecular weight is 563 g/mol. The largest absolute Gasteiger partial charge is 0.350 e. The van der Waals surface area contributed by atoms with E-state index >= 15 is 0 Å². The minimum absolute atomic E-state index is 0.0267. The minimum atomic E-state index is -3.84. The highest BCUT2D eigenvalue weighted by atomic mass is 35.5. The summed E-state index contributed by atoms with van der Waals surface area (Å²) in [6, 6.07) is 10.3. The number of sulfonamides is 1. The van der Waals surface area contributed by atoms with Crippen molar-refractivity contribution in [3.8, 4) is 0 Å². The Morgan fingerprint density at radius 1 is 1.03 bits per heavy atom. The molecule has 2 rings (SSSR count). The lowest BCUT2D eigenvalue weighted by molar-refractivity contribution is -0.141. The first-order valence-electron chi connectivity index (χ1n) is 10.9. The van der Waals surface area contributed by atoms with Crippen molar-refractivity contribution in [1.82, 2.24) is 10.2 Å². The van der Waals surface area contributed by atoms with Crippen molar-refractivity contribution in [3.63, 3.8) is 0 Å². The third kappa shape index (κ3) is 8.56. The first kappa shape index (κ1) is 29.2. The Kier molecular flexibility index (Phi) is 9.87. The fraction of sp³-hybridized carbons (Fsp3) is 0.417. The summed E-state index contributed by atoms with van der Waals surface area (Å²) in [5.74, 6) is -0.903. The van der Waals surface area contributed by atoms with Crippen molar-refractivity contribution in [2.75, 3.05) is 17.1 Å². The molecule has 0 aliphatic heterocycles. The highest BCUT2D eigenvalue weighted by Crippen LogP contribution is 2.26. The van der Waals surface area contributed by atoms with Gasteiger partial charge >= 0.3 is 0 Å². The summed E-state index contributed by atoms with van der Waals surface area (Å²) in [4.78, 5) is 28.1. The summed E-state index contributed by atoms with van der Waals surface area (Å²) >= 11 is 18.3. The van der Waals surface area contributed by atoms with Crippen molar-refractivity contribution in [3.05, 3.63) is 63.1 Å². The standard InChI is InChI=1S/C24H30Cl3N3O4S/c1-6-21(23(32)28-24(2,3)4)29(14-16-10-11-19(26)20(27)12-16)22(31)15-30(35(5,33)34)18-9-7-8-17(25)13-18/h7-13,21H,6,14-15H2,1-5H3,(H,28,32)/t21-/m1/s1. The molecule has 7 nitrogen and oxygen atoms in total. The lowest BCUT2D eigenvalue weighted by Crippen LogP contribution is -2.55. The summed E-state index contributed by atoms with van der Waals surface area (Å²) in [6.45, 7) is 6.82. The van der Waals surface area contributed by atoms with Gasteiger partial charge in [-0.15, -0.1) is 0 Å². The Bertz CT molecular complexity index is 1180. The van der Waals surface area contributed by atoms with Gasteiger partial charge in [-0.1, -0.05) is 53.9 Å². The van der Waals surface area contributed by atoms with E-state index in [-0.39, 0.29) is 18.1 Å². The van der Waals surface area contributed by atoms with Gasteiger partial charge in [0.05, 0.1) is 22.0 Å². The van der Waals surface area contributed by atoms with Crippen molar-refractivity contribution in [1.29, 1.82) is 0 Å². The summed E-state index contributed by atoms with van der Waals surface area (Å²) < 4.78 is 26.2. The normalized spacial score (nSPS) is 12.7. The number of hydrogen-bond donors (Lipinski definition) is 1. The summed E-state index contributed by atoms with van der Waals surface area (Å²) in [6.07, 6.45) is 1.32. The molecular weight excluding hydrogens is 533 g/mol. The summed E-state index contributed by atoms with van der Waals surface area (Å²) in [5.41, 5.74) is 0.362. The van der Waals surface area contributed by atoms with Crippen LogP contribution >= 0.6 is 34.8 Å². The number of halogens is 3. The van der Waals surface area contributed by atoms with Crippen LogP contribution in [0.2, 0.25) is 15.1 Å². The molecule has 0 heterocycles. The summed E-state index contributed by atoms with van der Waals surface area (Å²) in [5, 5.41) is 3.89. The predicted molar refractivity (Wildman–Crippen MR) is 143 cm³/mol. The minimum Gasteiger partial charge on any atom is -0.350 e. The molecular formula is C24H30Cl3N3O4S. The number of nitrogens with one attached hydrogen (secondary N) is 1. The van der Waals surface area contributed by atoms with E-state index in [0.717, 1.165) is 10.6 Å². The Hall–Kier alpha value is -2.00. The zero-order valence-electron chi connectivity index (χ0n) is 20.3. The van der Waals surface area contributed by atoms with Crippen LogP contribution in [0, 0.1) is 0 Å². The average Bonchev–Trinajstić information content (AvgIpc) is 2.72. The van der Waals surface area contributed by atoms with Crippen molar-refractivity contribution < 1.29 is 18.0 Å². The second kappa shape index (κ2) is 11.8. The number of hydrogen-bond acceptors (Lipinski definition) is 4. The smallest absolute Gasteiger partial charge is 0.244 e. The van der Waals surface area contributed by atoms with Gasteiger partial charge in [0.25, 0.3) is 0 Å². The Morgan fingerprint density at radius 3 is 2.20 bits per heavy atom. The zero-order valence-corrected chi connectivity index (χ0v) is 23.4. The van der Waals surface area contributed by atoms with E-state index in [1.807, 2.05) is 20.8 Å². The first-order valence-corrected chi connectivity index (χ1v) is 13.9. The Balaban J connectivity index is 2.48. The molecule has 0 aromatic heterocycles. The van der Waals surface area contributed by atoms with Crippen LogP contribution in [0.5, 0.6) is 0 Å². The molecule has 0 aliphatic carbocycles. The van der Waals surface area contributed by atoms with Crippen LogP contribution in [0.4, 0.5) is 5.69 Å². The zero-order chi connectivity index (χ0) is 26.6. The molecule has 2 amide bonds. The SMILES string of the molecule is CC[C@H](C(=O)NC(C)(C)C)N(Cc1ccc(Cl)c(Cl)c1)C(=O)CN(c1cccc(Cl)c1)S(C)(=O)=O. The van der Waals surface area contributed by atoms with Crippen molar-refractivity contribution in [2.45, 2.75) is 52.2 Å². The molecule has 0 bridgehead atoms. The van der Waals surface area contributed by atoms with Crippen LogP contribution in [-0.2, 0) is 26.2 Å². The molecule has 1 atom stereocenters. The Labute approximate surface area is 222 Å². The number of rotatable bonds is 9. The molecule has 11 heteroatoms. The van der Waals surface area contributed by atoms with Crippen LogP contribution in [0.25, 0.3) is 0 Å². The monoisotopic (exact) mass is 561 g/mol. The van der Waals surface area contributed by atoms with Crippen LogP contribution < -0.4 is 9.62 Å². The number of benzene rings is 2. The van der Waals surface area contributed by atoms with Gasteiger partial charge in [0.1, 0.15) is 12.6 Å². The van der Waals surface area contributed by atoms with Gasteiger partial charge in [0.2, 0.25) is 21.8 Å². The molecule has 0 unspecified atom stereocenters. The van der Waals surface area contributed by atoms with Crippen LogP contribution in [0.1, 0.15) is 39.7 Å². The first-order chi connectivity index (χ1) is 16.1. The highest BCUT2D eigenvalue weighted by Gasteiger charge is 2.33. The molecule has 0 radical (unpaired) electrons. The topological polar surface area (TPSA) is 86.8 Å². The van der Waals surface area contributed by atoms with Crippen molar-refractivity contribution >= 4 is 62.3 Å². The highest BCUT2D eigenvalue weighted by molar-refractivity contribution is 7.92. The molecule has 0 fully saturated rings. The number of nitrogens with zero attached hydrogens (tertiary/aromatic N) is 2. The number of carbonyl (C=O) groups excluding carboxylic acids is 2. The van der Waals surface area contributed by atoms with E-state index in [1.165, 1.54) is 11.0 Å². The summed E-state index contributed by atoms with van der Waals surface area (Å²) in [7, 11) is -3.84. The van der Waals surface area contributed by atoms with E-state index in [4.69, 9.17) is 34.8 Å². The number of anilines is 1. The second-order valence-corrected chi connectivity index (χ2v) is 12.3. The van der Waals surface area contributed by atoms with Gasteiger partial charge in [-0.3, -0.25) is 13.9 Å². The Morgan fingerprint density at radius 2 is 1.69 bits per heavy atom. The van der Waals surface area contributed by atoms with Gasteiger partial charge in [-0.05, 0) is 63.1 Å². The maximum Gasteiger partial charge on any atom is 0.244 e. The molecule has 0 saturated heterocycles. The van der Waals surface area contributed by atoms with Crippen molar-refractivity contribution in [2.24, 2.45) is 0 Å². The van der Waals surface area contributed by atoms with Crippen LogP contribution in [0.3, 0.4) is 0 Å². The quantitative estimate of drug-likeness (QED) is 0.459. The molecule has 35 heavy (non-hydrogen) atoms. The molecule has 2 aromatic rings. The lowest BCUT2D eigenvalue weighted by Gasteiger charge is -2.34. The van der Waals surface area contributed by atoms with E-state index < -0.39 is 34.1 Å². The van der Waals surface area contributed by atoms with Gasteiger partial charge in [-0.25, -0.2) is 8.42 Å².